The molecule has 134 valence electrons. The van der Waals surface area contributed by atoms with Crippen LogP contribution in [0.25, 0.3) is 0 Å². The van der Waals surface area contributed by atoms with Crippen molar-refractivity contribution in [2.45, 2.75) is 30.8 Å². The second kappa shape index (κ2) is 6.72. The number of amides is 2. The Kier molecular flexibility index (Phi) is 4.79. The lowest BCUT2D eigenvalue weighted by molar-refractivity contribution is -0.0394. The minimum Gasteiger partial charge on any atom is -0.394 e. The van der Waals surface area contributed by atoms with Crippen LogP contribution in [0.3, 0.4) is 0 Å². The smallest absolute Gasteiger partial charge is 0.325 e. The highest BCUT2D eigenvalue weighted by Gasteiger charge is 2.47. The standard InChI is InChI=1S/C16H17ClFN3O4/c17-10-3-1-9(2-4-10)14(23)16(19)12(18)7-21(15(24)20-16)13-6-5-11(8-22)25-13/h1-4,7,11,13,22H,5-6,8,19H2,(H,20,24)/t11-,13+,16?/m0/s1. The van der Waals surface area contributed by atoms with Gasteiger partial charge >= 0.3 is 6.03 Å². The van der Waals surface area contributed by atoms with Gasteiger partial charge in [0.15, 0.2) is 5.83 Å². The number of hydrogen-bond donors (Lipinski definition) is 3. The van der Waals surface area contributed by atoms with Crippen LogP contribution in [0.2, 0.25) is 5.02 Å². The highest BCUT2D eigenvalue weighted by molar-refractivity contribution is 6.30. The van der Waals surface area contributed by atoms with Gasteiger partial charge < -0.3 is 15.2 Å². The first kappa shape index (κ1) is 17.8. The van der Waals surface area contributed by atoms with Crippen LogP contribution in [0.5, 0.6) is 0 Å². The molecule has 7 nitrogen and oxygen atoms in total. The van der Waals surface area contributed by atoms with Crippen LogP contribution in [0.4, 0.5) is 9.18 Å². The van der Waals surface area contributed by atoms with E-state index in [1.165, 1.54) is 24.3 Å². The van der Waals surface area contributed by atoms with Crippen LogP contribution in [-0.2, 0) is 4.74 Å². The zero-order chi connectivity index (χ0) is 18.2. The van der Waals surface area contributed by atoms with E-state index in [1.54, 1.807) is 0 Å². The Labute approximate surface area is 148 Å². The van der Waals surface area contributed by atoms with Crippen molar-refractivity contribution in [3.8, 4) is 0 Å². The second-order valence-electron chi connectivity index (χ2n) is 5.93. The largest absolute Gasteiger partial charge is 0.394 e. The molecule has 25 heavy (non-hydrogen) atoms. The number of ketones is 1. The van der Waals surface area contributed by atoms with Crippen LogP contribution < -0.4 is 11.1 Å². The third-order valence-corrected chi connectivity index (χ3v) is 4.48. The van der Waals surface area contributed by atoms with Gasteiger partial charge in [0.1, 0.15) is 6.23 Å². The number of hydrogen-bond acceptors (Lipinski definition) is 5. The molecule has 9 heteroatoms. The number of carbonyl (C=O) groups is 2. The summed E-state index contributed by atoms with van der Waals surface area (Å²) in [5, 5.41) is 11.7. The van der Waals surface area contributed by atoms with Crippen LogP contribution in [-0.4, -0.2) is 46.4 Å². The third kappa shape index (κ3) is 3.25. The molecule has 2 amide bonds. The van der Waals surface area contributed by atoms with Crippen molar-refractivity contribution >= 4 is 23.4 Å². The number of Topliss-reactive ketones (excluding diaryl/α,β-unsaturated/α-hetero) is 1. The number of benzene rings is 1. The molecule has 0 radical (unpaired) electrons. The van der Waals surface area contributed by atoms with E-state index in [2.05, 4.69) is 5.32 Å². The Morgan fingerprint density at radius 2 is 2.12 bits per heavy atom. The Bertz CT molecular complexity index is 727. The fourth-order valence-corrected chi connectivity index (χ4v) is 2.94. The van der Waals surface area contributed by atoms with Crippen molar-refractivity contribution in [1.82, 2.24) is 10.2 Å². The molecule has 3 rings (SSSR count). The molecule has 1 aromatic carbocycles. The molecule has 0 spiro atoms. The average molecular weight is 370 g/mol. The second-order valence-corrected chi connectivity index (χ2v) is 6.37. The lowest BCUT2D eigenvalue weighted by Crippen LogP contribution is -2.67. The fourth-order valence-electron chi connectivity index (χ4n) is 2.81. The molecular formula is C16H17ClFN3O4. The quantitative estimate of drug-likeness (QED) is 0.698. The molecule has 4 N–H and O–H groups in total. The first-order chi connectivity index (χ1) is 11.8. The zero-order valence-corrected chi connectivity index (χ0v) is 13.9. The summed E-state index contributed by atoms with van der Waals surface area (Å²) in [5.74, 6) is -1.81. The molecule has 2 heterocycles. The van der Waals surface area contributed by atoms with Gasteiger partial charge in [-0.3, -0.25) is 15.4 Å². The topological polar surface area (TPSA) is 105 Å². The van der Waals surface area contributed by atoms with E-state index in [4.69, 9.17) is 27.2 Å². The summed E-state index contributed by atoms with van der Waals surface area (Å²) in [6, 6.07) is 4.99. The van der Waals surface area contributed by atoms with Crippen LogP contribution in [0, 0.1) is 0 Å². The molecular weight excluding hydrogens is 353 g/mol. The highest BCUT2D eigenvalue weighted by Crippen LogP contribution is 2.29. The molecule has 2 aliphatic heterocycles. The summed E-state index contributed by atoms with van der Waals surface area (Å²) in [7, 11) is 0. The van der Waals surface area contributed by atoms with Crippen molar-refractivity contribution < 1.29 is 23.8 Å². The molecule has 0 saturated carbocycles. The highest BCUT2D eigenvalue weighted by atomic mass is 35.5. The predicted molar refractivity (Wildman–Crippen MR) is 87.2 cm³/mol. The van der Waals surface area contributed by atoms with Gasteiger partial charge in [-0.05, 0) is 37.1 Å². The number of halogens is 2. The van der Waals surface area contributed by atoms with Gasteiger partial charge in [-0.25, -0.2) is 9.18 Å². The van der Waals surface area contributed by atoms with E-state index in [-0.39, 0.29) is 12.2 Å². The zero-order valence-electron chi connectivity index (χ0n) is 13.1. The van der Waals surface area contributed by atoms with Crippen molar-refractivity contribution in [2.75, 3.05) is 6.61 Å². The third-order valence-electron chi connectivity index (χ3n) is 4.23. The van der Waals surface area contributed by atoms with Gasteiger partial charge in [0, 0.05) is 16.8 Å². The minimum absolute atomic E-state index is 0.113. The number of aliphatic hydroxyl groups is 1. The molecule has 1 aromatic rings. The number of ether oxygens (including phenoxy) is 1. The number of nitrogens with zero attached hydrogens (tertiary/aromatic N) is 1. The lowest BCUT2D eigenvalue weighted by Gasteiger charge is -2.37. The maximum absolute atomic E-state index is 14.6. The van der Waals surface area contributed by atoms with E-state index in [1.807, 2.05) is 0 Å². The first-order valence-corrected chi connectivity index (χ1v) is 8.07. The van der Waals surface area contributed by atoms with Crippen molar-refractivity contribution in [3.63, 3.8) is 0 Å². The van der Waals surface area contributed by atoms with Crippen LogP contribution >= 0.6 is 11.6 Å². The number of carbonyl (C=O) groups excluding carboxylic acids is 2. The number of nitrogens with two attached hydrogens (primary N) is 1. The summed E-state index contributed by atoms with van der Waals surface area (Å²) in [5.41, 5.74) is 3.67. The van der Waals surface area contributed by atoms with Crippen molar-refractivity contribution in [2.24, 2.45) is 5.73 Å². The van der Waals surface area contributed by atoms with Gasteiger partial charge in [-0.1, -0.05) is 11.6 Å². The van der Waals surface area contributed by atoms with Gasteiger partial charge in [-0.2, -0.15) is 0 Å². The van der Waals surface area contributed by atoms with E-state index < -0.39 is 35.6 Å². The summed E-state index contributed by atoms with van der Waals surface area (Å²) >= 11 is 5.77. The number of nitrogens with one attached hydrogen (secondary N) is 1. The van der Waals surface area contributed by atoms with Crippen LogP contribution in [0.15, 0.2) is 36.3 Å². The summed E-state index contributed by atoms with van der Waals surface area (Å²) < 4.78 is 20.1. The summed E-state index contributed by atoms with van der Waals surface area (Å²) in [4.78, 5) is 25.9. The summed E-state index contributed by atoms with van der Waals surface area (Å²) in [6.07, 6.45) is 0.715. The molecule has 0 aliphatic carbocycles. The first-order valence-electron chi connectivity index (χ1n) is 7.69. The molecule has 0 aromatic heterocycles. The maximum Gasteiger partial charge on any atom is 0.325 e. The Morgan fingerprint density at radius 3 is 2.72 bits per heavy atom. The van der Waals surface area contributed by atoms with E-state index in [9.17, 15) is 14.0 Å². The Balaban J connectivity index is 1.84. The van der Waals surface area contributed by atoms with Gasteiger partial charge in [0.2, 0.25) is 11.4 Å². The predicted octanol–water partition coefficient (Wildman–Crippen LogP) is 1.51. The summed E-state index contributed by atoms with van der Waals surface area (Å²) in [6.45, 7) is -0.186. The van der Waals surface area contributed by atoms with E-state index in [0.717, 1.165) is 11.1 Å². The van der Waals surface area contributed by atoms with E-state index in [0.29, 0.717) is 17.9 Å². The normalized spacial score (nSPS) is 29.4. The molecule has 2 aliphatic rings. The van der Waals surface area contributed by atoms with Crippen molar-refractivity contribution in [1.29, 1.82) is 0 Å². The molecule has 0 bridgehead atoms. The SMILES string of the molecule is NC1(C(=O)c2ccc(Cl)cc2)NC(=O)N([C@H]2CC[C@@H](CO)O2)C=C1F. The molecule has 1 fully saturated rings. The van der Waals surface area contributed by atoms with Gasteiger partial charge in [0.25, 0.3) is 0 Å². The van der Waals surface area contributed by atoms with Gasteiger partial charge in [-0.15, -0.1) is 0 Å². The number of urea groups is 1. The van der Waals surface area contributed by atoms with Crippen molar-refractivity contribution in [3.05, 3.63) is 46.9 Å². The fraction of sp³-hybridized carbons (Fsp3) is 0.375. The Morgan fingerprint density at radius 1 is 1.44 bits per heavy atom. The van der Waals surface area contributed by atoms with Crippen LogP contribution in [0.1, 0.15) is 23.2 Å². The lowest BCUT2D eigenvalue weighted by atomic mass is 9.96. The maximum atomic E-state index is 14.6. The number of rotatable bonds is 4. The monoisotopic (exact) mass is 369 g/mol. The molecule has 3 atom stereocenters. The average Bonchev–Trinajstić information content (AvgIpc) is 3.07. The molecule has 1 saturated heterocycles. The number of aliphatic hydroxyl groups excluding tert-OH is 1. The minimum atomic E-state index is -2.30. The Hall–Kier alpha value is -2.00. The molecule has 1 unspecified atom stereocenters. The van der Waals surface area contributed by atoms with E-state index >= 15 is 0 Å². The van der Waals surface area contributed by atoms with Gasteiger partial charge in [0.05, 0.1) is 12.7 Å².